The molecular weight excluding hydrogens is 226 g/mol. The first-order valence-electron chi connectivity index (χ1n) is 6.34. The van der Waals surface area contributed by atoms with Gasteiger partial charge in [-0.2, -0.15) is 5.10 Å². The van der Waals surface area contributed by atoms with Crippen molar-refractivity contribution in [3.8, 4) is 0 Å². The van der Waals surface area contributed by atoms with E-state index in [1.807, 2.05) is 36.9 Å². The molecule has 0 aliphatic heterocycles. The fourth-order valence-electron chi connectivity index (χ4n) is 2.69. The van der Waals surface area contributed by atoms with Crippen LogP contribution in [-0.2, 0) is 7.05 Å². The van der Waals surface area contributed by atoms with Gasteiger partial charge in [-0.3, -0.25) is 9.48 Å². The van der Waals surface area contributed by atoms with Crippen LogP contribution in [0.25, 0.3) is 0 Å². The third-order valence-electron chi connectivity index (χ3n) is 3.43. The van der Waals surface area contributed by atoms with Crippen LogP contribution < -0.4 is 0 Å². The van der Waals surface area contributed by atoms with Gasteiger partial charge in [0.25, 0.3) is 0 Å². The van der Waals surface area contributed by atoms with E-state index >= 15 is 0 Å². The molecule has 1 atom stereocenters. The number of rotatable bonds is 2. The first-order chi connectivity index (χ1) is 8.34. The normalized spacial score (nSPS) is 20.9. The zero-order valence-electron chi connectivity index (χ0n) is 12.0. The minimum atomic E-state index is 0.0913. The van der Waals surface area contributed by atoms with Crippen molar-refractivity contribution < 1.29 is 4.79 Å². The quantitative estimate of drug-likeness (QED) is 0.753. The predicted molar refractivity (Wildman–Crippen MR) is 71.8 cm³/mol. The standard InChI is InChI=1S/C14H21N3O/c1-8(2)13-11-12(15-17(13)6)9(3)10(14(11)18)7-16(4)5/h7-9H,1-6H3/b10-7-. The Balaban J connectivity index is 2.58. The average molecular weight is 247 g/mol. The van der Waals surface area contributed by atoms with Gasteiger partial charge in [-0.25, -0.2) is 0 Å². The van der Waals surface area contributed by atoms with Crippen LogP contribution in [0.15, 0.2) is 11.8 Å². The Morgan fingerprint density at radius 2 is 2.00 bits per heavy atom. The Morgan fingerprint density at radius 1 is 1.39 bits per heavy atom. The molecule has 0 aromatic carbocycles. The fraction of sp³-hybridized carbons (Fsp3) is 0.571. The highest BCUT2D eigenvalue weighted by Gasteiger charge is 2.38. The molecule has 1 aliphatic rings. The molecule has 0 radical (unpaired) electrons. The van der Waals surface area contributed by atoms with Gasteiger partial charge in [-0.1, -0.05) is 20.8 Å². The molecule has 4 heteroatoms. The van der Waals surface area contributed by atoms with Crippen molar-refractivity contribution in [1.82, 2.24) is 14.7 Å². The molecule has 1 heterocycles. The number of carbonyl (C=O) groups is 1. The van der Waals surface area contributed by atoms with Crippen molar-refractivity contribution in [1.29, 1.82) is 0 Å². The number of ketones is 1. The summed E-state index contributed by atoms with van der Waals surface area (Å²) in [6.07, 6.45) is 1.92. The van der Waals surface area contributed by atoms with Crippen LogP contribution >= 0.6 is 0 Å². The van der Waals surface area contributed by atoms with Crippen LogP contribution in [0.2, 0.25) is 0 Å². The number of hydrogen-bond donors (Lipinski definition) is 0. The number of Topliss-reactive ketones (excluding diaryl/α,β-unsaturated/α-hetero) is 1. The largest absolute Gasteiger partial charge is 0.383 e. The molecule has 0 amide bonds. The van der Waals surface area contributed by atoms with Crippen molar-refractivity contribution in [3.63, 3.8) is 0 Å². The Bertz CT molecular complexity index is 523. The summed E-state index contributed by atoms with van der Waals surface area (Å²) in [4.78, 5) is 14.5. The smallest absolute Gasteiger partial charge is 0.194 e. The van der Waals surface area contributed by atoms with E-state index in [2.05, 4.69) is 25.9 Å². The van der Waals surface area contributed by atoms with Gasteiger partial charge in [0.05, 0.1) is 17.0 Å². The number of carbonyl (C=O) groups excluding carboxylic acids is 1. The van der Waals surface area contributed by atoms with E-state index in [0.29, 0.717) is 5.92 Å². The Kier molecular flexibility index (Phi) is 3.05. The fourth-order valence-corrected chi connectivity index (χ4v) is 2.69. The SMILES string of the molecule is CC(C)c1c2c(nn1C)C(C)/C(=C/N(C)C)C2=O. The van der Waals surface area contributed by atoms with Gasteiger partial charge in [0.1, 0.15) is 0 Å². The summed E-state index contributed by atoms with van der Waals surface area (Å²) in [5.41, 5.74) is 3.65. The summed E-state index contributed by atoms with van der Waals surface area (Å²) in [7, 11) is 5.79. The molecule has 0 N–H and O–H groups in total. The number of hydrogen-bond acceptors (Lipinski definition) is 3. The lowest BCUT2D eigenvalue weighted by molar-refractivity contribution is 0.103. The summed E-state index contributed by atoms with van der Waals surface area (Å²) in [5.74, 6) is 0.540. The van der Waals surface area contributed by atoms with Crippen molar-refractivity contribution in [2.75, 3.05) is 14.1 Å². The molecule has 98 valence electrons. The van der Waals surface area contributed by atoms with Crippen LogP contribution in [0.3, 0.4) is 0 Å². The molecule has 1 aliphatic carbocycles. The van der Waals surface area contributed by atoms with Gasteiger partial charge >= 0.3 is 0 Å². The van der Waals surface area contributed by atoms with Crippen molar-refractivity contribution in [3.05, 3.63) is 28.7 Å². The van der Waals surface area contributed by atoms with Crippen LogP contribution in [-0.4, -0.2) is 34.6 Å². The van der Waals surface area contributed by atoms with Crippen LogP contribution in [0, 0.1) is 0 Å². The minimum Gasteiger partial charge on any atom is -0.383 e. The number of nitrogens with zero attached hydrogens (tertiary/aromatic N) is 3. The number of aryl methyl sites for hydroxylation is 1. The Morgan fingerprint density at radius 3 is 2.50 bits per heavy atom. The van der Waals surface area contributed by atoms with E-state index < -0.39 is 0 Å². The second kappa shape index (κ2) is 4.26. The molecule has 1 aromatic rings. The third kappa shape index (κ3) is 1.76. The maximum atomic E-state index is 12.5. The summed E-state index contributed by atoms with van der Waals surface area (Å²) in [6, 6.07) is 0. The van der Waals surface area contributed by atoms with Gasteiger partial charge in [0.2, 0.25) is 0 Å². The lowest BCUT2D eigenvalue weighted by Crippen LogP contribution is -2.11. The van der Waals surface area contributed by atoms with Gasteiger partial charge < -0.3 is 4.90 Å². The second-order valence-electron chi connectivity index (χ2n) is 5.52. The molecule has 0 spiro atoms. The van der Waals surface area contributed by atoms with Gasteiger partial charge in [-0.15, -0.1) is 0 Å². The monoisotopic (exact) mass is 247 g/mol. The molecule has 0 saturated carbocycles. The van der Waals surface area contributed by atoms with E-state index in [9.17, 15) is 4.79 Å². The molecule has 0 saturated heterocycles. The van der Waals surface area contributed by atoms with E-state index in [0.717, 1.165) is 22.5 Å². The number of allylic oxidation sites excluding steroid dienone is 1. The third-order valence-corrected chi connectivity index (χ3v) is 3.43. The molecule has 1 unspecified atom stereocenters. The summed E-state index contributed by atoms with van der Waals surface area (Å²) in [5, 5.41) is 4.54. The topological polar surface area (TPSA) is 38.1 Å². The van der Waals surface area contributed by atoms with E-state index in [-0.39, 0.29) is 11.7 Å². The molecule has 2 rings (SSSR count). The maximum absolute atomic E-state index is 12.5. The van der Waals surface area contributed by atoms with Crippen LogP contribution in [0.5, 0.6) is 0 Å². The Labute approximate surface area is 108 Å². The zero-order valence-corrected chi connectivity index (χ0v) is 12.0. The number of aromatic nitrogens is 2. The molecule has 0 fully saturated rings. The zero-order chi connectivity index (χ0) is 13.6. The number of fused-ring (bicyclic) bond motifs is 1. The first-order valence-corrected chi connectivity index (χ1v) is 6.34. The summed E-state index contributed by atoms with van der Waals surface area (Å²) >= 11 is 0. The molecule has 4 nitrogen and oxygen atoms in total. The lowest BCUT2D eigenvalue weighted by Gasteiger charge is -2.11. The van der Waals surface area contributed by atoms with Gasteiger partial charge in [-0.05, 0) is 5.92 Å². The van der Waals surface area contributed by atoms with Crippen molar-refractivity contribution >= 4 is 5.78 Å². The average Bonchev–Trinajstić information content (AvgIpc) is 2.69. The lowest BCUT2D eigenvalue weighted by atomic mass is 10.0. The second-order valence-corrected chi connectivity index (χ2v) is 5.52. The first kappa shape index (κ1) is 12.9. The van der Waals surface area contributed by atoms with E-state index in [1.165, 1.54) is 0 Å². The molecular formula is C14H21N3O. The minimum absolute atomic E-state index is 0.0913. The van der Waals surface area contributed by atoms with E-state index in [1.54, 1.807) is 0 Å². The van der Waals surface area contributed by atoms with E-state index in [4.69, 9.17) is 0 Å². The summed E-state index contributed by atoms with van der Waals surface area (Å²) in [6.45, 7) is 6.25. The Hall–Kier alpha value is -1.58. The van der Waals surface area contributed by atoms with Gasteiger partial charge in [0.15, 0.2) is 5.78 Å². The highest BCUT2D eigenvalue weighted by atomic mass is 16.1. The summed E-state index contributed by atoms with van der Waals surface area (Å²) < 4.78 is 1.86. The highest BCUT2D eigenvalue weighted by molar-refractivity contribution is 6.14. The maximum Gasteiger partial charge on any atom is 0.194 e. The molecule has 18 heavy (non-hydrogen) atoms. The van der Waals surface area contributed by atoms with Crippen molar-refractivity contribution in [2.45, 2.75) is 32.6 Å². The van der Waals surface area contributed by atoms with Crippen molar-refractivity contribution in [2.24, 2.45) is 7.05 Å². The van der Waals surface area contributed by atoms with Crippen LogP contribution in [0.1, 0.15) is 54.4 Å². The molecule has 1 aromatic heterocycles. The highest BCUT2D eigenvalue weighted by Crippen LogP contribution is 2.39. The van der Waals surface area contributed by atoms with Crippen LogP contribution in [0.4, 0.5) is 0 Å². The predicted octanol–water partition coefficient (Wildman–Crippen LogP) is 2.29. The molecule has 0 bridgehead atoms. The van der Waals surface area contributed by atoms with Gasteiger partial charge in [0, 0.05) is 38.8 Å².